The lowest BCUT2D eigenvalue weighted by molar-refractivity contribution is -0.122. The van der Waals surface area contributed by atoms with E-state index in [1.165, 1.54) is 16.7 Å². The van der Waals surface area contributed by atoms with Crippen molar-refractivity contribution in [2.75, 3.05) is 20.8 Å². The zero-order valence-electron chi connectivity index (χ0n) is 12.1. The van der Waals surface area contributed by atoms with Gasteiger partial charge in [-0.1, -0.05) is 30.7 Å². The predicted molar refractivity (Wildman–Crippen MR) is 74.9 cm³/mol. The minimum absolute atomic E-state index is 0.172. The van der Waals surface area contributed by atoms with E-state index >= 15 is 0 Å². The van der Waals surface area contributed by atoms with Crippen LogP contribution in [0.5, 0.6) is 0 Å². The Balaban J connectivity index is 2.85. The van der Waals surface area contributed by atoms with Crippen molar-refractivity contribution in [3.05, 3.63) is 34.9 Å². The lowest BCUT2D eigenvalue weighted by Gasteiger charge is -2.26. The molecule has 0 saturated heterocycles. The number of hydrogen-bond donors (Lipinski definition) is 1. The summed E-state index contributed by atoms with van der Waals surface area (Å²) in [5.74, 6) is 0. The molecule has 3 heteroatoms. The van der Waals surface area contributed by atoms with Crippen LogP contribution in [-0.4, -0.2) is 33.1 Å². The molecule has 0 bridgehead atoms. The van der Waals surface area contributed by atoms with Gasteiger partial charge in [0.15, 0.2) is 6.29 Å². The third kappa shape index (κ3) is 4.09. The number of ether oxygens (including phenoxy) is 2. The molecule has 0 radical (unpaired) electrons. The smallest absolute Gasteiger partial charge is 0.172 e. The van der Waals surface area contributed by atoms with Crippen molar-refractivity contribution in [3.8, 4) is 0 Å². The first-order valence-electron chi connectivity index (χ1n) is 6.47. The molecule has 1 aromatic rings. The van der Waals surface area contributed by atoms with Crippen LogP contribution in [0.4, 0.5) is 0 Å². The van der Waals surface area contributed by atoms with Crippen LogP contribution >= 0.6 is 0 Å². The Hall–Kier alpha value is -0.900. The van der Waals surface area contributed by atoms with Gasteiger partial charge >= 0.3 is 0 Å². The van der Waals surface area contributed by atoms with E-state index in [1.54, 1.807) is 14.2 Å². The van der Waals surface area contributed by atoms with Crippen LogP contribution < -0.4 is 5.32 Å². The van der Waals surface area contributed by atoms with Gasteiger partial charge in [-0.3, -0.25) is 0 Å². The highest BCUT2D eigenvalue weighted by molar-refractivity contribution is 5.31. The fourth-order valence-corrected chi connectivity index (χ4v) is 2.21. The molecule has 0 spiro atoms. The van der Waals surface area contributed by atoms with Gasteiger partial charge in [-0.2, -0.15) is 0 Å². The van der Waals surface area contributed by atoms with Gasteiger partial charge in [0.25, 0.3) is 0 Å². The van der Waals surface area contributed by atoms with E-state index in [1.807, 2.05) is 0 Å². The van der Waals surface area contributed by atoms with Crippen LogP contribution in [-0.2, 0) is 15.9 Å². The van der Waals surface area contributed by atoms with Crippen molar-refractivity contribution in [1.82, 2.24) is 5.32 Å². The van der Waals surface area contributed by atoms with Crippen LogP contribution in [0, 0.1) is 13.8 Å². The zero-order valence-corrected chi connectivity index (χ0v) is 12.1. The normalized spacial score (nSPS) is 13.0. The first-order chi connectivity index (χ1) is 8.62. The molecular formula is C15H25NO2. The maximum atomic E-state index is 5.37. The number of nitrogens with one attached hydrogen (secondary N) is 1. The summed E-state index contributed by atoms with van der Waals surface area (Å²) in [5, 5.41) is 3.43. The molecule has 0 aromatic heterocycles. The first kappa shape index (κ1) is 15.2. The molecule has 0 aliphatic rings. The highest BCUT2D eigenvalue weighted by Gasteiger charge is 2.20. The van der Waals surface area contributed by atoms with Crippen LogP contribution in [0.3, 0.4) is 0 Å². The fraction of sp³-hybridized carbons (Fsp3) is 0.600. The second-order valence-corrected chi connectivity index (χ2v) is 4.64. The second kappa shape index (κ2) is 7.52. The second-order valence-electron chi connectivity index (χ2n) is 4.64. The molecule has 0 fully saturated rings. The van der Waals surface area contributed by atoms with Crippen molar-refractivity contribution in [2.45, 2.75) is 39.5 Å². The largest absolute Gasteiger partial charge is 0.354 e. The molecule has 102 valence electrons. The quantitative estimate of drug-likeness (QED) is 0.755. The summed E-state index contributed by atoms with van der Waals surface area (Å²) in [6.45, 7) is 7.26. The average molecular weight is 251 g/mol. The minimum Gasteiger partial charge on any atom is -0.354 e. The topological polar surface area (TPSA) is 30.5 Å². The maximum absolute atomic E-state index is 5.37. The summed E-state index contributed by atoms with van der Waals surface area (Å²) in [5.41, 5.74) is 3.95. The van der Waals surface area contributed by atoms with E-state index in [2.05, 4.69) is 44.3 Å². The highest BCUT2D eigenvalue weighted by Crippen LogP contribution is 2.15. The summed E-state index contributed by atoms with van der Waals surface area (Å²) >= 11 is 0. The summed E-state index contributed by atoms with van der Waals surface area (Å²) in [6.07, 6.45) is 0.693. The van der Waals surface area contributed by atoms with Gasteiger partial charge in [0.1, 0.15) is 0 Å². The van der Waals surface area contributed by atoms with E-state index in [9.17, 15) is 0 Å². The molecule has 3 nitrogen and oxygen atoms in total. The Kier molecular flexibility index (Phi) is 6.33. The number of rotatable bonds is 7. The first-order valence-corrected chi connectivity index (χ1v) is 6.47. The SMILES string of the molecule is CCNC(Cc1cc(C)ccc1C)C(OC)OC. The Morgan fingerprint density at radius 1 is 1.17 bits per heavy atom. The van der Waals surface area contributed by atoms with Crippen LogP contribution in [0.1, 0.15) is 23.6 Å². The summed E-state index contributed by atoms with van der Waals surface area (Å²) < 4.78 is 10.7. The molecule has 0 amide bonds. The fourth-order valence-electron chi connectivity index (χ4n) is 2.21. The Morgan fingerprint density at radius 3 is 2.39 bits per heavy atom. The van der Waals surface area contributed by atoms with E-state index in [0.29, 0.717) is 0 Å². The molecule has 0 aliphatic carbocycles. The molecule has 0 saturated carbocycles. The van der Waals surface area contributed by atoms with Crippen LogP contribution in [0.25, 0.3) is 0 Å². The maximum Gasteiger partial charge on any atom is 0.172 e. The van der Waals surface area contributed by atoms with E-state index in [4.69, 9.17) is 9.47 Å². The average Bonchev–Trinajstić information content (AvgIpc) is 2.35. The van der Waals surface area contributed by atoms with Crippen molar-refractivity contribution < 1.29 is 9.47 Å². The van der Waals surface area contributed by atoms with Gasteiger partial charge in [-0.15, -0.1) is 0 Å². The van der Waals surface area contributed by atoms with Crippen molar-refractivity contribution >= 4 is 0 Å². The van der Waals surface area contributed by atoms with Gasteiger partial charge in [-0.25, -0.2) is 0 Å². The van der Waals surface area contributed by atoms with E-state index < -0.39 is 0 Å². The molecule has 18 heavy (non-hydrogen) atoms. The van der Waals surface area contributed by atoms with Crippen LogP contribution in [0.2, 0.25) is 0 Å². The molecular weight excluding hydrogens is 226 g/mol. The molecule has 1 unspecified atom stereocenters. The number of aryl methyl sites for hydroxylation is 2. The standard InChI is InChI=1S/C15H25NO2/c1-6-16-14(15(17-4)18-5)10-13-9-11(2)7-8-12(13)3/h7-9,14-16H,6,10H2,1-5H3. The Bertz CT molecular complexity index is 362. The van der Waals surface area contributed by atoms with Gasteiger partial charge in [0, 0.05) is 14.2 Å². The molecule has 0 aliphatic heterocycles. The van der Waals surface area contributed by atoms with Gasteiger partial charge in [0.05, 0.1) is 6.04 Å². The number of likely N-dealkylation sites (N-methyl/N-ethyl adjacent to an activating group) is 1. The third-order valence-electron chi connectivity index (χ3n) is 3.20. The lowest BCUT2D eigenvalue weighted by atomic mass is 9.98. The highest BCUT2D eigenvalue weighted by atomic mass is 16.7. The number of methoxy groups -OCH3 is 2. The van der Waals surface area contributed by atoms with Crippen molar-refractivity contribution in [1.29, 1.82) is 0 Å². The monoisotopic (exact) mass is 251 g/mol. The zero-order chi connectivity index (χ0) is 13.5. The predicted octanol–water partition coefficient (Wildman–Crippen LogP) is 2.44. The van der Waals surface area contributed by atoms with Crippen molar-refractivity contribution in [2.24, 2.45) is 0 Å². The molecule has 0 heterocycles. The molecule has 1 N–H and O–H groups in total. The summed E-state index contributed by atoms with van der Waals surface area (Å²) in [4.78, 5) is 0. The van der Waals surface area contributed by atoms with Gasteiger partial charge in [-0.05, 0) is 37.9 Å². The van der Waals surface area contributed by atoms with Crippen molar-refractivity contribution in [3.63, 3.8) is 0 Å². The minimum atomic E-state index is -0.218. The van der Waals surface area contributed by atoms with Gasteiger partial charge in [0.2, 0.25) is 0 Å². The van der Waals surface area contributed by atoms with E-state index in [-0.39, 0.29) is 12.3 Å². The lowest BCUT2D eigenvalue weighted by Crippen LogP contribution is -2.43. The summed E-state index contributed by atoms with van der Waals surface area (Å²) in [7, 11) is 3.36. The van der Waals surface area contributed by atoms with E-state index in [0.717, 1.165) is 13.0 Å². The number of benzene rings is 1. The number of hydrogen-bond acceptors (Lipinski definition) is 3. The Morgan fingerprint density at radius 2 is 1.83 bits per heavy atom. The molecule has 1 aromatic carbocycles. The van der Waals surface area contributed by atoms with Gasteiger partial charge < -0.3 is 14.8 Å². The summed E-state index contributed by atoms with van der Waals surface area (Å²) in [6, 6.07) is 6.72. The van der Waals surface area contributed by atoms with Crippen LogP contribution in [0.15, 0.2) is 18.2 Å². The molecule has 1 atom stereocenters. The molecule has 1 rings (SSSR count). The Labute approximate surface area is 110 Å². The third-order valence-corrected chi connectivity index (χ3v) is 3.20.